The van der Waals surface area contributed by atoms with Crippen molar-refractivity contribution in [1.29, 1.82) is 0 Å². The number of amides is 2. The number of rotatable bonds is 53. The lowest BCUT2D eigenvalue weighted by molar-refractivity contribution is -0.114. The third-order valence-corrected chi connectivity index (χ3v) is 25.4. The largest absolute Gasteiger partial charge is 0.491 e. The standard InChI is InChI=1S/C94H136N2O4S2/c1-11-19-25-29-33-35-39-43-49-73(47-41-37-31-27-21-13-3)65-95-87-78-60-62-81-86(77-57-55-75(56-58-77)84-64-83-90(100-68-72(18-8)46-24-16-6)91-82(63-70(10)101-91)89(92(83)102-84)99-67-71(17-7)45-23-15-5)94(98)96(66-74(48-42-38-32-28-22-14-4)50-44-40-36-34-30-26-20-12-2)88(81)79(78)59-61-80(87)85(93(95)97)76-53-51-69(9)52-54-76/h51-64,71-74H,11-50,65-68H2,1-10H3. The molecular weight excluding hydrogens is 1290 g/mol. The minimum absolute atomic E-state index is 0.105. The van der Waals surface area contributed by atoms with Crippen LogP contribution in [-0.2, 0) is 9.59 Å². The van der Waals surface area contributed by atoms with Crippen molar-refractivity contribution >= 4 is 88.0 Å². The first-order valence-corrected chi connectivity index (χ1v) is 44.0. The third-order valence-electron chi connectivity index (χ3n) is 23.2. The summed E-state index contributed by atoms with van der Waals surface area (Å²) >= 11 is 3.66. The van der Waals surface area contributed by atoms with Crippen LogP contribution < -0.4 is 29.7 Å². The summed E-state index contributed by atoms with van der Waals surface area (Å²) in [6, 6.07) is 31.5. The maximum absolute atomic E-state index is 16.3. The predicted molar refractivity (Wildman–Crippen MR) is 447 cm³/mol. The Labute approximate surface area is 627 Å². The molecule has 4 heterocycles. The summed E-state index contributed by atoms with van der Waals surface area (Å²) in [5.41, 5.74) is 7.92. The Balaban J connectivity index is 1.15. The maximum atomic E-state index is 16.3. The molecule has 0 N–H and O–H groups in total. The van der Waals surface area contributed by atoms with Crippen molar-refractivity contribution in [3.8, 4) is 21.9 Å². The van der Waals surface area contributed by atoms with E-state index in [-0.39, 0.29) is 11.8 Å². The number of unbranched alkanes of at least 4 members (excludes halogenated alkanes) is 26. The van der Waals surface area contributed by atoms with Crippen molar-refractivity contribution in [1.82, 2.24) is 0 Å². The molecule has 0 aliphatic carbocycles. The van der Waals surface area contributed by atoms with Crippen LogP contribution in [0.3, 0.4) is 0 Å². The molecule has 558 valence electrons. The molecule has 0 spiro atoms. The number of aryl methyl sites for hydroxylation is 2. The fraction of sp³-hybridized carbons (Fsp3) is 0.617. The van der Waals surface area contributed by atoms with Crippen LogP contribution in [0.5, 0.6) is 11.5 Å². The lowest BCUT2D eigenvalue weighted by atomic mass is 9.92. The van der Waals surface area contributed by atoms with Gasteiger partial charge in [0.2, 0.25) is 0 Å². The van der Waals surface area contributed by atoms with Crippen molar-refractivity contribution in [2.75, 3.05) is 36.1 Å². The summed E-state index contributed by atoms with van der Waals surface area (Å²) in [4.78, 5) is 39.0. The zero-order valence-corrected chi connectivity index (χ0v) is 67.5. The van der Waals surface area contributed by atoms with Gasteiger partial charge in [0.25, 0.3) is 11.8 Å². The first-order valence-electron chi connectivity index (χ1n) is 42.4. The monoisotopic (exact) mass is 1420 g/mol. The molecule has 0 bridgehead atoms. The van der Waals surface area contributed by atoms with E-state index in [1.807, 2.05) is 22.7 Å². The minimum atomic E-state index is 0.105. The van der Waals surface area contributed by atoms with E-state index in [0.29, 0.717) is 50.0 Å². The zero-order valence-electron chi connectivity index (χ0n) is 65.8. The Bertz CT molecular complexity index is 3720. The van der Waals surface area contributed by atoms with Crippen LogP contribution >= 0.6 is 22.7 Å². The van der Waals surface area contributed by atoms with Crippen LogP contribution in [0.15, 0.2) is 84.9 Å². The van der Waals surface area contributed by atoms with Gasteiger partial charge in [-0.2, -0.15) is 0 Å². The molecule has 8 heteroatoms. The summed E-state index contributed by atoms with van der Waals surface area (Å²) in [6.45, 7) is 25.6. The van der Waals surface area contributed by atoms with Crippen LogP contribution in [0.25, 0.3) is 52.5 Å². The van der Waals surface area contributed by atoms with Crippen LogP contribution in [0.1, 0.15) is 334 Å². The van der Waals surface area contributed by atoms with E-state index in [4.69, 9.17) is 9.47 Å². The van der Waals surface area contributed by atoms with Crippen LogP contribution in [0.4, 0.5) is 11.4 Å². The number of hydrogen-bond donors (Lipinski definition) is 0. The normalized spacial score (nSPS) is 14.3. The lowest BCUT2D eigenvalue weighted by Gasteiger charge is -2.28. The second-order valence-corrected chi connectivity index (χ2v) is 33.8. The van der Waals surface area contributed by atoms with Gasteiger partial charge in [0.1, 0.15) is 11.5 Å². The Morgan fingerprint density at radius 1 is 0.343 bits per heavy atom. The van der Waals surface area contributed by atoms with Gasteiger partial charge in [0.05, 0.1) is 45.1 Å². The average molecular weight is 1420 g/mol. The highest BCUT2D eigenvalue weighted by Crippen LogP contribution is 2.52. The quantitative estimate of drug-likeness (QED) is 0.0357. The Morgan fingerprint density at radius 3 is 1.06 bits per heavy atom. The Kier molecular flexibility index (Phi) is 34.2. The number of anilines is 2. The van der Waals surface area contributed by atoms with Gasteiger partial charge >= 0.3 is 0 Å². The molecule has 6 nitrogen and oxygen atoms in total. The SMILES string of the molecule is CCCCCCCCCCC(CCCCCCCC)CN1C(=O)C(c2ccc(C)cc2)=c2ccc3c4c(ccc3c21)=C(c1ccc(-c2cc3c(OCC(CC)CCCC)c5sc(C)cc5c(OCC(CC)CCCC)c3s2)cc1)C(=O)N4CC(CCCCCCCC)CCCCCCCCCC. The summed E-state index contributed by atoms with van der Waals surface area (Å²) in [7, 11) is 0. The number of ether oxygens (including phenoxy) is 2. The molecule has 9 rings (SSSR count). The average Bonchev–Trinajstić information content (AvgIpc) is 1.55. The summed E-state index contributed by atoms with van der Waals surface area (Å²) < 4.78 is 16.6. The number of benzene rings is 5. The van der Waals surface area contributed by atoms with Gasteiger partial charge in [0, 0.05) is 54.8 Å². The highest BCUT2D eigenvalue weighted by atomic mass is 32.1. The first kappa shape index (κ1) is 80.7. The van der Waals surface area contributed by atoms with E-state index in [9.17, 15) is 0 Å². The van der Waals surface area contributed by atoms with Gasteiger partial charge in [0.15, 0.2) is 0 Å². The second kappa shape index (κ2) is 43.2. The molecule has 5 aromatic carbocycles. The van der Waals surface area contributed by atoms with Crippen LogP contribution in [-0.4, -0.2) is 38.1 Å². The molecule has 2 aliphatic heterocycles. The molecule has 2 aliphatic rings. The molecular formula is C94H136N2O4S2. The van der Waals surface area contributed by atoms with E-state index in [0.717, 1.165) is 121 Å². The molecule has 0 saturated heterocycles. The lowest BCUT2D eigenvalue weighted by Crippen LogP contribution is -2.34. The number of nitrogens with zero attached hydrogens (tertiary/aromatic N) is 2. The summed E-state index contributed by atoms with van der Waals surface area (Å²) in [5, 5.41) is 6.51. The summed E-state index contributed by atoms with van der Waals surface area (Å²) in [6.07, 6.45) is 49.9. The van der Waals surface area contributed by atoms with Crippen LogP contribution in [0, 0.1) is 37.5 Å². The predicted octanol–water partition coefficient (Wildman–Crippen LogP) is 27.6. The third kappa shape index (κ3) is 21.9. The van der Waals surface area contributed by atoms with Gasteiger partial charge in [-0.1, -0.05) is 352 Å². The zero-order chi connectivity index (χ0) is 72.0. The topological polar surface area (TPSA) is 59.1 Å². The number of hydrogen-bond acceptors (Lipinski definition) is 6. The molecule has 2 aromatic heterocycles. The van der Waals surface area contributed by atoms with Crippen LogP contribution in [0.2, 0.25) is 0 Å². The Morgan fingerprint density at radius 2 is 0.676 bits per heavy atom. The van der Waals surface area contributed by atoms with E-state index >= 15 is 9.59 Å². The smallest absolute Gasteiger partial charge is 0.259 e. The second-order valence-electron chi connectivity index (χ2n) is 31.5. The Hall–Kier alpha value is -5.44. The highest BCUT2D eigenvalue weighted by Gasteiger charge is 2.38. The molecule has 2 amide bonds. The van der Waals surface area contributed by atoms with Gasteiger partial charge < -0.3 is 19.3 Å². The van der Waals surface area contributed by atoms with Gasteiger partial charge in [-0.05, 0) is 105 Å². The number of carbonyl (C=O) groups is 2. The fourth-order valence-electron chi connectivity index (χ4n) is 16.7. The molecule has 7 aromatic rings. The summed E-state index contributed by atoms with van der Waals surface area (Å²) in [5.74, 6) is 4.00. The van der Waals surface area contributed by atoms with E-state index in [2.05, 4.69) is 164 Å². The van der Waals surface area contributed by atoms with Gasteiger partial charge in [-0.25, -0.2) is 0 Å². The molecule has 0 radical (unpaired) electrons. The van der Waals surface area contributed by atoms with Crippen molar-refractivity contribution < 1.29 is 19.1 Å². The molecule has 102 heavy (non-hydrogen) atoms. The molecule has 4 atom stereocenters. The van der Waals surface area contributed by atoms with Gasteiger partial charge in [-0.3, -0.25) is 9.59 Å². The van der Waals surface area contributed by atoms with Crippen molar-refractivity contribution in [2.45, 2.75) is 326 Å². The fourth-order valence-corrected chi connectivity index (χ4v) is 18.9. The van der Waals surface area contributed by atoms with E-state index in [1.54, 1.807) is 0 Å². The number of fused-ring (bicyclic) bond motifs is 7. The maximum Gasteiger partial charge on any atom is 0.259 e. The minimum Gasteiger partial charge on any atom is -0.491 e. The first-order chi connectivity index (χ1) is 50.0. The van der Waals surface area contributed by atoms with E-state index in [1.165, 1.54) is 244 Å². The molecule has 4 unspecified atom stereocenters. The van der Waals surface area contributed by atoms with Crippen molar-refractivity contribution in [3.63, 3.8) is 0 Å². The number of thiophene rings is 2. The van der Waals surface area contributed by atoms with Crippen molar-refractivity contribution in [2.24, 2.45) is 23.7 Å². The van der Waals surface area contributed by atoms with Gasteiger partial charge in [-0.15, -0.1) is 22.7 Å². The van der Waals surface area contributed by atoms with Crippen molar-refractivity contribution in [3.05, 3.63) is 117 Å². The number of carbonyl (C=O) groups excluding carboxylic acids is 2. The molecule has 0 fully saturated rings. The van der Waals surface area contributed by atoms with E-state index < -0.39 is 0 Å². The highest BCUT2D eigenvalue weighted by molar-refractivity contribution is 7.23. The molecule has 0 saturated carbocycles.